The predicted molar refractivity (Wildman–Crippen MR) is 54.3 cm³/mol. The average molecular weight is 215 g/mol. The summed E-state index contributed by atoms with van der Waals surface area (Å²) < 4.78 is 5.21. The highest BCUT2D eigenvalue weighted by Crippen LogP contribution is 2.16. The van der Waals surface area contributed by atoms with Crippen molar-refractivity contribution in [3.8, 4) is 0 Å². The van der Waals surface area contributed by atoms with Gasteiger partial charge in [-0.15, -0.1) is 0 Å². The van der Waals surface area contributed by atoms with Crippen molar-refractivity contribution in [2.24, 2.45) is 0 Å². The van der Waals surface area contributed by atoms with Gasteiger partial charge in [0.2, 0.25) is 5.95 Å². The third kappa shape index (κ3) is 2.05. The Hall–Kier alpha value is -1.07. The maximum Gasteiger partial charge on any atom is 0.221 e. The molecule has 0 aromatic carbocycles. The zero-order chi connectivity index (χ0) is 9.97. The van der Waals surface area contributed by atoms with Crippen LogP contribution in [0.25, 0.3) is 0 Å². The number of hydrogen-bond acceptors (Lipinski definition) is 5. The number of anilines is 2. The van der Waals surface area contributed by atoms with Crippen LogP contribution < -0.4 is 10.6 Å². The van der Waals surface area contributed by atoms with Crippen molar-refractivity contribution < 1.29 is 4.74 Å². The fourth-order valence-corrected chi connectivity index (χ4v) is 1.61. The Kier molecular flexibility index (Phi) is 2.69. The molecule has 1 atom stereocenters. The van der Waals surface area contributed by atoms with Gasteiger partial charge in [-0.1, -0.05) is 11.6 Å². The van der Waals surface area contributed by atoms with E-state index in [1.165, 1.54) is 0 Å². The first-order valence-electron chi connectivity index (χ1n) is 4.35. The quantitative estimate of drug-likeness (QED) is 0.689. The molecule has 0 spiro atoms. The van der Waals surface area contributed by atoms with E-state index in [9.17, 15) is 0 Å². The third-order valence-corrected chi connectivity index (χ3v) is 2.27. The number of morpholine rings is 1. The average Bonchev–Trinajstić information content (AvgIpc) is 2.18. The maximum atomic E-state index is 5.86. The molecule has 0 bridgehead atoms. The van der Waals surface area contributed by atoms with Crippen LogP contribution in [-0.2, 0) is 4.74 Å². The Balaban J connectivity index is 2.14. The van der Waals surface area contributed by atoms with Gasteiger partial charge in [-0.3, -0.25) is 0 Å². The van der Waals surface area contributed by atoms with E-state index in [0.29, 0.717) is 13.2 Å². The van der Waals surface area contributed by atoms with Gasteiger partial charge in [0, 0.05) is 12.7 Å². The van der Waals surface area contributed by atoms with E-state index in [1.807, 2.05) is 11.0 Å². The van der Waals surface area contributed by atoms with Gasteiger partial charge in [0.15, 0.2) is 0 Å². The van der Waals surface area contributed by atoms with Gasteiger partial charge < -0.3 is 15.4 Å². The van der Waals surface area contributed by atoms with Crippen LogP contribution in [0.3, 0.4) is 0 Å². The highest BCUT2D eigenvalue weighted by molar-refractivity contribution is 6.20. The first-order valence-corrected chi connectivity index (χ1v) is 4.78. The Morgan fingerprint density at radius 3 is 3.21 bits per heavy atom. The van der Waals surface area contributed by atoms with Crippen molar-refractivity contribution in [1.29, 1.82) is 0 Å². The summed E-state index contributed by atoms with van der Waals surface area (Å²) in [5.41, 5.74) is 5.21. The Labute approximate surface area is 86.8 Å². The van der Waals surface area contributed by atoms with Crippen LogP contribution in [0.15, 0.2) is 12.3 Å². The molecule has 0 radical (unpaired) electrons. The smallest absolute Gasteiger partial charge is 0.221 e. The Bertz CT molecular complexity index is 322. The highest BCUT2D eigenvalue weighted by Gasteiger charge is 2.19. The maximum absolute atomic E-state index is 5.86. The lowest BCUT2D eigenvalue weighted by molar-refractivity contribution is 0.0931. The molecule has 1 aromatic heterocycles. The van der Waals surface area contributed by atoms with Crippen molar-refractivity contribution in [1.82, 2.24) is 9.97 Å². The molecule has 0 aliphatic carbocycles. The third-order valence-electron chi connectivity index (χ3n) is 2.01. The summed E-state index contributed by atoms with van der Waals surface area (Å²) in [4.78, 5) is 9.97. The predicted octanol–water partition coefficient (Wildman–Crippen LogP) is 0.460. The summed E-state index contributed by atoms with van der Waals surface area (Å²) in [6.45, 7) is 2.01. The minimum Gasteiger partial charge on any atom is -0.368 e. The fourth-order valence-electron chi connectivity index (χ4n) is 1.36. The molecule has 76 valence electrons. The summed E-state index contributed by atoms with van der Waals surface area (Å²) in [6.07, 6.45) is 1.64. The number of nitrogen functional groups attached to an aromatic ring is 1. The van der Waals surface area contributed by atoms with Crippen molar-refractivity contribution in [3.05, 3.63) is 12.3 Å². The summed E-state index contributed by atoms with van der Waals surface area (Å²) in [7, 11) is 0. The number of rotatable bonds is 1. The molecule has 14 heavy (non-hydrogen) atoms. The molecule has 0 saturated carbocycles. The number of aromatic nitrogens is 2. The van der Waals surface area contributed by atoms with E-state index in [2.05, 4.69) is 9.97 Å². The normalized spacial score (nSPS) is 22.4. The number of alkyl halides is 1. The SMILES string of the molecule is Nc1nccc(N2CCOC(Cl)C2)n1. The number of nitrogens with two attached hydrogens (primary N) is 1. The number of nitrogens with zero attached hydrogens (tertiary/aromatic N) is 3. The van der Waals surface area contributed by atoms with Gasteiger partial charge in [0.25, 0.3) is 0 Å². The second-order valence-electron chi connectivity index (χ2n) is 3.00. The van der Waals surface area contributed by atoms with E-state index in [0.717, 1.165) is 12.4 Å². The summed E-state index contributed by atoms with van der Waals surface area (Å²) in [5.74, 6) is 1.08. The fraction of sp³-hybridized carbons (Fsp3) is 0.500. The van der Waals surface area contributed by atoms with Crippen LogP contribution in [0.5, 0.6) is 0 Å². The molecule has 1 saturated heterocycles. The molecule has 1 aromatic rings. The number of hydrogen-bond donors (Lipinski definition) is 1. The standard InChI is InChI=1S/C8H11ClN4O/c9-6-5-13(3-4-14-6)7-1-2-11-8(10)12-7/h1-2,6H,3-5H2,(H2,10,11,12). The molecular formula is C8H11ClN4O. The first kappa shape index (κ1) is 9.48. The largest absolute Gasteiger partial charge is 0.368 e. The second kappa shape index (κ2) is 3.98. The zero-order valence-corrected chi connectivity index (χ0v) is 8.31. The van der Waals surface area contributed by atoms with E-state index < -0.39 is 0 Å². The molecule has 2 heterocycles. The molecule has 1 aliphatic rings. The molecule has 1 unspecified atom stereocenters. The zero-order valence-electron chi connectivity index (χ0n) is 7.56. The lowest BCUT2D eigenvalue weighted by Crippen LogP contribution is -2.40. The van der Waals surface area contributed by atoms with Gasteiger partial charge in [0.05, 0.1) is 13.2 Å². The van der Waals surface area contributed by atoms with E-state index in [-0.39, 0.29) is 11.5 Å². The van der Waals surface area contributed by atoms with Crippen molar-refractivity contribution >= 4 is 23.4 Å². The minimum atomic E-state index is -0.278. The molecule has 6 heteroatoms. The molecular weight excluding hydrogens is 204 g/mol. The Morgan fingerprint density at radius 1 is 1.64 bits per heavy atom. The van der Waals surface area contributed by atoms with E-state index in [4.69, 9.17) is 22.1 Å². The van der Waals surface area contributed by atoms with Gasteiger partial charge in [0.1, 0.15) is 11.4 Å². The lowest BCUT2D eigenvalue weighted by atomic mass is 10.4. The van der Waals surface area contributed by atoms with Crippen molar-refractivity contribution in [2.45, 2.75) is 5.56 Å². The minimum absolute atomic E-state index is 0.278. The Morgan fingerprint density at radius 2 is 2.50 bits per heavy atom. The lowest BCUT2D eigenvalue weighted by Gasteiger charge is -2.30. The summed E-state index contributed by atoms with van der Waals surface area (Å²) >= 11 is 5.86. The van der Waals surface area contributed by atoms with Gasteiger partial charge in [-0.05, 0) is 6.07 Å². The van der Waals surface area contributed by atoms with Crippen LogP contribution in [0.1, 0.15) is 0 Å². The van der Waals surface area contributed by atoms with Gasteiger partial charge in [-0.2, -0.15) is 4.98 Å². The van der Waals surface area contributed by atoms with E-state index in [1.54, 1.807) is 6.20 Å². The van der Waals surface area contributed by atoms with Crippen LogP contribution in [0, 0.1) is 0 Å². The second-order valence-corrected chi connectivity index (χ2v) is 3.49. The molecule has 1 aliphatic heterocycles. The van der Waals surface area contributed by atoms with Crippen LogP contribution in [0.2, 0.25) is 0 Å². The van der Waals surface area contributed by atoms with Crippen LogP contribution >= 0.6 is 11.6 Å². The topological polar surface area (TPSA) is 64.3 Å². The van der Waals surface area contributed by atoms with Crippen molar-refractivity contribution in [3.63, 3.8) is 0 Å². The van der Waals surface area contributed by atoms with Crippen LogP contribution in [0.4, 0.5) is 11.8 Å². The van der Waals surface area contributed by atoms with Crippen molar-refractivity contribution in [2.75, 3.05) is 30.3 Å². The van der Waals surface area contributed by atoms with Crippen LogP contribution in [-0.4, -0.2) is 35.2 Å². The molecule has 5 nitrogen and oxygen atoms in total. The van der Waals surface area contributed by atoms with Gasteiger partial charge in [-0.25, -0.2) is 4.98 Å². The summed E-state index contributed by atoms with van der Waals surface area (Å²) in [5, 5.41) is 0. The summed E-state index contributed by atoms with van der Waals surface area (Å²) in [6, 6.07) is 1.81. The molecule has 0 amide bonds. The molecule has 2 N–H and O–H groups in total. The molecule has 1 fully saturated rings. The number of ether oxygens (including phenoxy) is 1. The molecule has 2 rings (SSSR count). The van der Waals surface area contributed by atoms with E-state index >= 15 is 0 Å². The highest BCUT2D eigenvalue weighted by atomic mass is 35.5. The first-order chi connectivity index (χ1) is 6.75. The van der Waals surface area contributed by atoms with Gasteiger partial charge >= 0.3 is 0 Å². The monoisotopic (exact) mass is 214 g/mol. The number of halogens is 1.